The van der Waals surface area contributed by atoms with Gasteiger partial charge in [0.2, 0.25) is 0 Å². The minimum absolute atomic E-state index is 0.00750. The lowest BCUT2D eigenvalue weighted by Crippen LogP contribution is -2.30. The number of nitrogens with one attached hydrogen (secondary N) is 1. The van der Waals surface area contributed by atoms with Crippen molar-refractivity contribution < 1.29 is 14.3 Å². The zero-order valence-corrected chi connectivity index (χ0v) is 16.0. The summed E-state index contributed by atoms with van der Waals surface area (Å²) < 4.78 is 11.4. The topological polar surface area (TPSA) is 60.5 Å². The van der Waals surface area contributed by atoms with Crippen molar-refractivity contribution in [1.82, 2.24) is 10.3 Å². The first kappa shape index (κ1) is 18.7. The molecule has 4 aromatic rings. The van der Waals surface area contributed by atoms with Crippen molar-refractivity contribution in [3.05, 3.63) is 79.0 Å². The van der Waals surface area contributed by atoms with Crippen LogP contribution in [0.25, 0.3) is 21.7 Å². The maximum absolute atomic E-state index is 12.0. The predicted molar refractivity (Wildman–Crippen MR) is 114 cm³/mol. The molecule has 0 saturated carbocycles. The minimum Gasteiger partial charge on any atom is -0.491 e. The van der Waals surface area contributed by atoms with E-state index in [4.69, 9.17) is 9.47 Å². The van der Waals surface area contributed by atoms with Gasteiger partial charge in [-0.3, -0.25) is 9.78 Å². The van der Waals surface area contributed by atoms with Crippen LogP contribution in [0.4, 0.5) is 0 Å². The van der Waals surface area contributed by atoms with Gasteiger partial charge in [0.1, 0.15) is 17.0 Å². The van der Waals surface area contributed by atoms with E-state index in [1.54, 1.807) is 6.20 Å². The second-order valence-electron chi connectivity index (χ2n) is 6.68. The molecule has 0 aliphatic rings. The number of rotatable bonds is 8. The number of pyridine rings is 1. The van der Waals surface area contributed by atoms with Gasteiger partial charge in [-0.25, -0.2) is 0 Å². The molecule has 0 unspecified atom stereocenters. The SMILES string of the molecule is O=C(COc1ccc2ccccc2c1)NCCCOc1cccc2cccnc12. The van der Waals surface area contributed by atoms with E-state index in [0.29, 0.717) is 25.3 Å². The van der Waals surface area contributed by atoms with Gasteiger partial charge in [0.15, 0.2) is 6.61 Å². The highest BCUT2D eigenvalue weighted by Gasteiger charge is 2.05. The van der Waals surface area contributed by atoms with Crippen LogP contribution in [0, 0.1) is 0 Å². The second-order valence-corrected chi connectivity index (χ2v) is 6.68. The number of carbonyl (C=O) groups is 1. The van der Waals surface area contributed by atoms with E-state index in [1.165, 1.54) is 0 Å². The zero-order chi connectivity index (χ0) is 19.9. The summed E-state index contributed by atoms with van der Waals surface area (Å²) in [5, 5.41) is 6.13. The molecule has 4 rings (SSSR count). The van der Waals surface area contributed by atoms with E-state index in [0.717, 1.165) is 27.4 Å². The molecule has 0 saturated heterocycles. The summed E-state index contributed by atoms with van der Waals surface area (Å²) in [6.45, 7) is 1.02. The highest BCUT2D eigenvalue weighted by molar-refractivity contribution is 5.84. The van der Waals surface area contributed by atoms with Crippen LogP contribution in [0.2, 0.25) is 0 Å². The predicted octanol–water partition coefficient (Wildman–Crippen LogP) is 4.35. The first-order valence-corrected chi connectivity index (χ1v) is 9.64. The maximum Gasteiger partial charge on any atom is 0.257 e. The van der Waals surface area contributed by atoms with Gasteiger partial charge >= 0.3 is 0 Å². The number of carbonyl (C=O) groups excluding carboxylic acids is 1. The lowest BCUT2D eigenvalue weighted by Gasteiger charge is -2.10. The number of hydrogen-bond acceptors (Lipinski definition) is 4. The number of ether oxygens (including phenoxy) is 2. The quantitative estimate of drug-likeness (QED) is 0.457. The van der Waals surface area contributed by atoms with Gasteiger partial charge in [0.05, 0.1) is 6.61 Å². The summed E-state index contributed by atoms with van der Waals surface area (Å²) in [5.41, 5.74) is 0.850. The highest BCUT2D eigenvalue weighted by atomic mass is 16.5. The minimum atomic E-state index is -0.148. The fourth-order valence-corrected chi connectivity index (χ4v) is 3.13. The molecular formula is C24H22N2O3. The summed E-state index contributed by atoms with van der Waals surface area (Å²) >= 11 is 0. The van der Waals surface area contributed by atoms with Crippen LogP contribution >= 0.6 is 0 Å². The summed E-state index contributed by atoms with van der Waals surface area (Å²) in [6.07, 6.45) is 2.45. The third kappa shape index (κ3) is 4.82. The third-order valence-electron chi connectivity index (χ3n) is 4.59. The summed E-state index contributed by atoms with van der Waals surface area (Å²) in [7, 11) is 0. The van der Waals surface area contributed by atoms with Crippen LogP contribution in [0.3, 0.4) is 0 Å². The molecule has 1 N–H and O–H groups in total. The zero-order valence-electron chi connectivity index (χ0n) is 16.0. The first-order valence-electron chi connectivity index (χ1n) is 9.64. The number of fused-ring (bicyclic) bond motifs is 2. The van der Waals surface area contributed by atoms with E-state index in [9.17, 15) is 4.79 Å². The Morgan fingerprint density at radius 1 is 0.862 bits per heavy atom. The van der Waals surface area contributed by atoms with Gasteiger partial charge in [-0.05, 0) is 41.5 Å². The highest BCUT2D eigenvalue weighted by Crippen LogP contribution is 2.23. The Morgan fingerprint density at radius 2 is 1.69 bits per heavy atom. The molecule has 0 atom stereocenters. The Kier molecular flexibility index (Phi) is 5.86. The molecule has 0 spiro atoms. The summed E-state index contributed by atoms with van der Waals surface area (Å²) in [5.74, 6) is 1.30. The van der Waals surface area contributed by atoms with Crippen molar-refractivity contribution in [3.63, 3.8) is 0 Å². The number of amides is 1. The van der Waals surface area contributed by atoms with Gasteiger partial charge in [-0.2, -0.15) is 0 Å². The molecular weight excluding hydrogens is 364 g/mol. The van der Waals surface area contributed by atoms with Gasteiger partial charge < -0.3 is 14.8 Å². The Hall–Kier alpha value is -3.60. The molecule has 3 aromatic carbocycles. The van der Waals surface area contributed by atoms with Crippen molar-refractivity contribution in [2.75, 3.05) is 19.8 Å². The lowest BCUT2D eigenvalue weighted by atomic mass is 10.1. The van der Waals surface area contributed by atoms with Gasteiger partial charge in [-0.1, -0.05) is 48.5 Å². The molecule has 0 radical (unpaired) electrons. The van der Waals surface area contributed by atoms with Crippen LogP contribution < -0.4 is 14.8 Å². The second kappa shape index (κ2) is 9.06. The molecule has 1 aromatic heterocycles. The van der Waals surface area contributed by atoms with Crippen molar-refractivity contribution in [1.29, 1.82) is 0 Å². The molecule has 0 fully saturated rings. The van der Waals surface area contributed by atoms with Crippen molar-refractivity contribution >= 4 is 27.6 Å². The van der Waals surface area contributed by atoms with Gasteiger partial charge in [0, 0.05) is 18.1 Å². The molecule has 29 heavy (non-hydrogen) atoms. The normalized spacial score (nSPS) is 10.8. The number of nitrogens with zero attached hydrogens (tertiary/aromatic N) is 1. The third-order valence-corrected chi connectivity index (χ3v) is 4.59. The first-order chi connectivity index (χ1) is 14.3. The molecule has 146 valence electrons. The molecule has 1 amide bonds. The number of aromatic nitrogens is 1. The fourth-order valence-electron chi connectivity index (χ4n) is 3.13. The van der Waals surface area contributed by atoms with Gasteiger partial charge in [-0.15, -0.1) is 0 Å². The van der Waals surface area contributed by atoms with Crippen molar-refractivity contribution in [2.45, 2.75) is 6.42 Å². The molecule has 5 heteroatoms. The van der Waals surface area contributed by atoms with Gasteiger partial charge in [0.25, 0.3) is 5.91 Å². The molecule has 1 heterocycles. The summed E-state index contributed by atoms with van der Waals surface area (Å²) in [4.78, 5) is 16.4. The molecule has 0 aliphatic carbocycles. The maximum atomic E-state index is 12.0. The number of benzene rings is 3. The number of para-hydroxylation sites is 1. The van der Waals surface area contributed by atoms with Crippen molar-refractivity contribution in [3.8, 4) is 11.5 Å². The molecule has 5 nitrogen and oxygen atoms in total. The smallest absolute Gasteiger partial charge is 0.257 e. The monoisotopic (exact) mass is 386 g/mol. The Balaban J connectivity index is 1.19. The average molecular weight is 386 g/mol. The van der Waals surface area contributed by atoms with E-state index in [2.05, 4.69) is 10.3 Å². The van der Waals surface area contributed by atoms with E-state index >= 15 is 0 Å². The standard InChI is InChI=1S/C24H22N2O3/c27-23(17-29-21-12-11-18-6-1-2-7-20(18)16-21)25-14-5-15-28-22-10-3-8-19-9-4-13-26-24(19)22/h1-4,6-13,16H,5,14-15,17H2,(H,25,27). The lowest BCUT2D eigenvalue weighted by molar-refractivity contribution is -0.123. The van der Waals surface area contributed by atoms with E-state index < -0.39 is 0 Å². The fraction of sp³-hybridized carbons (Fsp3) is 0.167. The van der Waals surface area contributed by atoms with Crippen LogP contribution in [0.5, 0.6) is 11.5 Å². The Bertz CT molecular complexity index is 1120. The van der Waals surface area contributed by atoms with Crippen LogP contribution in [0.15, 0.2) is 79.0 Å². The average Bonchev–Trinajstić information content (AvgIpc) is 2.77. The van der Waals surface area contributed by atoms with E-state index in [1.807, 2.05) is 72.8 Å². The van der Waals surface area contributed by atoms with Crippen LogP contribution in [-0.4, -0.2) is 30.6 Å². The number of hydrogen-bond donors (Lipinski definition) is 1. The largest absolute Gasteiger partial charge is 0.491 e. The Morgan fingerprint density at radius 3 is 2.62 bits per heavy atom. The van der Waals surface area contributed by atoms with Crippen molar-refractivity contribution in [2.24, 2.45) is 0 Å². The Labute approximate surface area is 169 Å². The summed E-state index contributed by atoms with van der Waals surface area (Å²) in [6, 6.07) is 23.6. The van der Waals surface area contributed by atoms with Crippen LogP contribution in [0.1, 0.15) is 6.42 Å². The molecule has 0 aliphatic heterocycles. The molecule has 0 bridgehead atoms. The van der Waals surface area contributed by atoms with Crippen LogP contribution in [-0.2, 0) is 4.79 Å². The van der Waals surface area contributed by atoms with E-state index in [-0.39, 0.29) is 12.5 Å².